The highest BCUT2D eigenvalue weighted by molar-refractivity contribution is 6.01. The lowest BCUT2D eigenvalue weighted by molar-refractivity contribution is -0.139. The Balaban J connectivity index is 1.52. The van der Waals surface area contributed by atoms with E-state index in [-0.39, 0.29) is 70.9 Å². The van der Waals surface area contributed by atoms with Gasteiger partial charge in [0.15, 0.2) is 17.3 Å². The van der Waals surface area contributed by atoms with Crippen molar-refractivity contribution < 1.29 is 38.9 Å². The Hall–Kier alpha value is -6.30. The SMILES string of the molecule is Cc1nc(-c2ccc(C(C)(C)C)cc2)nc(N)c1C(=O)NCC(=O)N(C)[C@@H]1C(=O)N[C@@H](C)C(=O)N[C@H](C)Cc2ccc(OCCCN)c(c2)-c2cc1cc(OC[C@@H](O)CN)c2O. The number of likely N-dealkylation sites (N-methyl/N-ethyl adjacent to an activating group) is 1. The molecule has 1 aliphatic heterocycles. The number of phenolic OH excluding ortho intramolecular Hbond substituents is 1. The summed E-state index contributed by atoms with van der Waals surface area (Å²) in [7, 11) is 1.37. The van der Waals surface area contributed by atoms with E-state index in [1.807, 2.05) is 37.3 Å². The van der Waals surface area contributed by atoms with Crippen LogP contribution in [-0.2, 0) is 26.2 Å². The van der Waals surface area contributed by atoms with Crippen LogP contribution in [0.15, 0.2) is 54.6 Å². The van der Waals surface area contributed by atoms with Crippen LogP contribution in [0.1, 0.15) is 79.8 Å². The van der Waals surface area contributed by atoms with E-state index >= 15 is 0 Å². The van der Waals surface area contributed by atoms with Crippen LogP contribution >= 0.6 is 0 Å². The first kappa shape index (κ1) is 46.8. The number of nitrogen functional groups attached to an aromatic ring is 1. The summed E-state index contributed by atoms with van der Waals surface area (Å²) in [6, 6.07) is 13.2. The molecule has 0 radical (unpaired) electrons. The Labute approximate surface area is 361 Å². The zero-order valence-electron chi connectivity index (χ0n) is 36.4. The normalized spacial score (nSPS) is 17.2. The number of rotatable bonds is 13. The first-order valence-corrected chi connectivity index (χ1v) is 20.6. The molecule has 4 atom stereocenters. The fraction of sp³-hybridized carbons (Fsp3) is 0.422. The number of fused-ring (bicyclic) bond motifs is 5. The van der Waals surface area contributed by atoms with Gasteiger partial charge in [0.2, 0.25) is 17.7 Å². The number of aliphatic hydroxyl groups is 1. The second-order valence-corrected chi connectivity index (χ2v) is 16.6. The number of aliphatic hydroxyl groups excluding tert-OH is 1. The van der Waals surface area contributed by atoms with E-state index in [0.717, 1.165) is 16.0 Å². The van der Waals surface area contributed by atoms with E-state index in [0.29, 0.717) is 42.1 Å². The minimum absolute atomic E-state index is 0.0170. The summed E-state index contributed by atoms with van der Waals surface area (Å²) in [5.74, 6) is -2.45. The number of nitrogens with zero attached hydrogens (tertiary/aromatic N) is 3. The molecule has 0 saturated heterocycles. The number of nitrogens with two attached hydrogens (primary N) is 3. The number of ether oxygens (including phenoxy) is 2. The third-order valence-electron chi connectivity index (χ3n) is 10.5. The summed E-state index contributed by atoms with van der Waals surface area (Å²) in [5.41, 5.74) is 21.3. The van der Waals surface area contributed by atoms with Gasteiger partial charge >= 0.3 is 0 Å². The maximum Gasteiger partial charge on any atom is 0.257 e. The van der Waals surface area contributed by atoms with Gasteiger partial charge in [0, 0.05) is 36.3 Å². The molecule has 0 unspecified atom stereocenters. The van der Waals surface area contributed by atoms with E-state index in [2.05, 4.69) is 46.7 Å². The largest absolute Gasteiger partial charge is 0.504 e. The lowest BCUT2D eigenvalue weighted by Crippen LogP contribution is -2.52. The fourth-order valence-corrected chi connectivity index (χ4v) is 6.98. The van der Waals surface area contributed by atoms with E-state index < -0.39 is 48.4 Å². The number of phenols is 1. The molecule has 2 heterocycles. The predicted octanol–water partition coefficient (Wildman–Crippen LogP) is 2.63. The Kier molecular flexibility index (Phi) is 15.1. The van der Waals surface area contributed by atoms with Crippen molar-refractivity contribution in [1.29, 1.82) is 0 Å². The number of hydrogen-bond acceptors (Lipinski definition) is 13. The molecule has 4 bridgehead atoms. The van der Waals surface area contributed by atoms with Gasteiger partial charge in [-0.25, -0.2) is 9.97 Å². The van der Waals surface area contributed by atoms with Gasteiger partial charge in [-0.3, -0.25) is 19.2 Å². The Morgan fingerprint density at radius 2 is 1.68 bits per heavy atom. The van der Waals surface area contributed by atoms with Crippen molar-refractivity contribution in [2.75, 3.05) is 45.6 Å². The Morgan fingerprint density at radius 1 is 0.968 bits per heavy atom. The van der Waals surface area contributed by atoms with E-state index in [1.165, 1.54) is 26.1 Å². The van der Waals surface area contributed by atoms with Crippen molar-refractivity contribution in [2.24, 2.45) is 11.5 Å². The van der Waals surface area contributed by atoms with Crippen molar-refractivity contribution in [3.63, 3.8) is 0 Å². The van der Waals surface area contributed by atoms with Crippen LogP contribution in [0, 0.1) is 6.92 Å². The molecule has 0 spiro atoms. The van der Waals surface area contributed by atoms with Crippen LogP contribution in [0.5, 0.6) is 17.2 Å². The van der Waals surface area contributed by atoms with Gasteiger partial charge in [-0.15, -0.1) is 0 Å². The third kappa shape index (κ3) is 11.1. The van der Waals surface area contributed by atoms with E-state index in [1.54, 1.807) is 19.1 Å². The monoisotopic (exact) mass is 853 g/mol. The predicted molar refractivity (Wildman–Crippen MR) is 235 cm³/mol. The highest BCUT2D eigenvalue weighted by atomic mass is 16.5. The molecule has 11 N–H and O–H groups in total. The summed E-state index contributed by atoms with van der Waals surface area (Å²) >= 11 is 0. The Morgan fingerprint density at radius 3 is 2.32 bits per heavy atom. The number of carbonyl (C=O) groups excluding carboxylic acids is 4. The number of nitrogens with one attached hydrogen (secondary N) is 3. The summed E-state index contributed by atoms with van der Waals surface area (Å²) in [6.07, 6.45) is -0.153. The standard InChI is InChI=1S/C45H59N9O8/c1-24-17-27-9-14-34(61-16-8-15-46)32(18-27)33-19-29(20-35(39(33)57)62-23-31(55)21-47)38(44(60)52-26(3)42(58)50-24)54(7)36(56)22-49-43(59)37-25(2)51-41(53-40(37)48)28-10-12-30(13-11-28)45(4,5)6/h9-14,18-20,24,26,31,38,55,57H,8,15-17,21-23,46-47H2,1-7H3,(H,49,59)(H,50,58)(H,52,60)(H2,48,51,53)/t24-,26+,31+,38+/m1/s1. The molecular weight excluding hydrogens is 795 g/mol. The summed E-state index contributed by atoms with van der Waals surface area (Å²) < 4.78 is 12.0. The summed E-state index contributed by atoms with van der Waals surface area (Å²) in [5, 5.41) is 30.3. The van der Waals surface area contributed by atoms with Gasteiger partial charge in [0.05, 0.1) is 18.8 Å². The zero-order valence-corrected chi connectivity index (χ0v) is 36.4. The highest BCUT2D eigenvalue weighted by Crippen LogP contribution is 2.44. The topological polar surface area (TPSA) is 270 Å². The molecule has 1 aromatic heterocycles. The zero-order chi connectivity index (χ0) is 45.5. The van der Waals surface area contributed by atoms with Crippen LogP contribution in [0.2, 0.25) is 0 Å². The van der Waals surface area contributed by atoms with Crippen molar-refractivity contribution in [2.45, 2.75) is 84.0 Å². The van der Waals surface area contributed by atoms with Crippen LogP contribution in [0.25, 0.3) is 22.5 Å². The fourth-order valence-electron chi connectivity index (χ4n) is 6.98. The minimum Gasteiger partial charge on any atom is -0.504 e. The number of aromatic nitrogens is 2. The second-order valence-electron chi connectivity index (χ2n) is 16.6. The van der Waals surface area contributed by atoms with E-state index in [4.69, 9.17) is 26.7 Å². The molecule has 5 rings (SSSR count). The molecule has 1 aliphatic rings. The summed E-state index contributed by atoms with van der Waals surface area (Å²) in [6.45, 7) is 10.9. The Bertz CT molecular complexity index is 2260. The van der Waals surface area contributed by atoms with Crippen LogP contribution in [0.4, 0.5) is 5.82 Å². The molecule has 0 saturated carbocycles. The van der Waals surface area contributed by atoms with Crippen LogP contribution < -0.4 is 42.6 Å². The maximum absolute atomic E-state index is 14.4. The van der Waals surface area contributed by atoms with Gasteiger partial charge in [0.1, 0.15) is 41.9 Å². The molecule has 332 valence electrons. The maximum atomic E-state index is 14.4. The third-order valence-corrected chi connectivity index (χ3v) is 10.5. The van der Waals surface area contributed by atoms with Gasteiger partial charge in [-0.2, -0.15) is 0 Å². The highest BCUT2D eigenvalue weighted by Gasteiger charge is 2.34. The number of amides is 4. The smallest absolute Gasteiger partial charge is 0.257 e. The first-order chi connectivity index (χ1) is 29.3. The van der Waals surface area contributed by atoms with Gasteiger partial charge in [-0.05, 0) is 86.5 Å². The number of carbonyl (C=O) groups is 4. The summed E-state index contributed by atoms with van der Waals surface area (Å²) in [4.78, 5) is 65.4. The molecule has 4 amide bonds. The van der Waals surface area contributed by atoms with Crippen molar-refractivity contribution in [3.8, 4) is 39.8 Å². The number of benzene rings is 3. The number of aryl methyl sites for hydroxylation is 1. The molecule has 0 aliphatic carbocycles. The van der Waals surface area contributed by atoms with E-state index in [9.17, 15) is 29.4 Å². The quantitative estimate of drug-likeness (QED) is 0.0901. The van der Waals surface area contributed by atoms with Crippen LogP contribution in [0.3, 0.4) is 0 Å². The van der Waals surface area contributed by atoms with Crippen molar-refractivity contribution >= 4 is 29.4 Å². The molecular formula is C45H59N9O8. The number of anilines is 1. The molecule has 17 heteroatoms. The van der Waals surface area contributed by atoms with Crippen molar-refractivity contribution in [3.05, 3.63) is 82.5 Å². The second kappa shape index (κ2) is 20.0. The number of hydrogen-bond donors (Lipinski definition) is 8. The molecule has 17 nitrogen and oxygen atoms in total. The average Bonchev–Trinajstić information content (AvgIpc) is 3.22. The van der Waals surface area contributed by atoms with Crippen LogP contribution in [-0.4, -0.2) is 107 Å². The molecule has 4 aromatic rings. The van der Waals surface area contributed by atoms with Gasteiger partial charge < -0.3 is 57.7 Å². The lowest BCUT2D eigenvalue weighted by Gasteiger charge is -2.30. The number of aromatic hydroxyl groups is 1. The van der Waals surface area contributed by atoms with Gasteiger partial charge in [0.25, 0.3) is 5.91 Å². The lowest BCUT2D eigenvalue weighted by atomic mass is 9.86. The van der Waals surface area contributed by atoms with Gasteiger partial charge in [-0.1, -0.05) is 51.1 Å². The molecule has 62 heavy (non-hydrogen) atoms. The molecule has 0 fully saturated rings. The average molecular weight is 854 g/mol. The first-order valence-electron chi connectivity index (χ1n) is 20.6. The minimum atomic E-state index is -1.46. The molecule has 3 aromatic carbocycles. The van der Waals surface area contributed by atoms with Crippen molar-refractivity contribution in [1.82, 2.24) is 30.8 Å².